The number of carbonyl (C=O) groups excluding carboxylic acids is 1. The van der Waals surface area contributed by atoms with E-state index in [1.165, 1.54) is 39.8 Å². The van der Waals surface area contributed by atoms with Crippen LogP contribution in [0.15, 0.2) is 74.1 Å². The van der Waals surface area contributed by atoms with Gasteiger partial charge in [0.1, 0.15) is 28.5 Å². The van der Waals surface area contributed by atoms with Crippen molar-refractivity contribution in [2.75, 3.05) is 19.4 Å². The molecule has 0 atom stereocenters. The van der Waals surface area contributed by atoms with Gasteiger partial charge in [0, 0.05) is 57.2 Å². The number of hydrogen-bond acceptors (Lipinski definition) is 8. The van der Waals surface area contributed by atoms with Crippen LogP contribution in [-0.4, -0.2) is 60.9 Å². The number of alkyl halides is 2. The number of aryl methyl sites for hydroxylation is 1. The number of benzene rings is 1. The first-order chi connectivity index (χ1) is 19.2. The van der Waals surface area contributed by atoms with Crippen molar-refractivity contribution in [3.63, 3.8) is 0 Å². The van der Waals surface area contributed by atoms with Gasteiger partial charge in [0.2, 0.25) is 0 Å². The average molecular weight is 547 g/mol. The molecule has 1 aromatic carbocycles. The highest BCUT2D eigenvalue weighted by molar-refractivity contribution is 6.09. The van der Waals surface area contributed by atoms with Crippen LogP contribution in [0.3, 0.4) is 0 Å². The lowest BCUT2D eigenvalue weighted by Gasteiger charge is -2.16. The lowest BCUT2D eigenvalue weighted by Crippen LogP contribution is -2.12. The fourth-order valence-corrected chi connectivity index (χ4v) is 3.94. The van der Waals surface area contributed by atoms with Crippen molar-refractivity contribution in [3.05, 3.63) is 85.2 Å². The van der Waals surface area contributed by atoms with Crippen molar-refractivity contribution in [2.45, 2.75) is 6.61 Å². The Balaban J connectivity index is 1.50. The summed E-state index contributed by atoms with van der Waals surface area (Å²) in [6.45, 7) is 0.937. The van der Waals surface area contributed by atoms with Crippen molar-refractivity contribution >= 4 is 22.9 Å². The van der Waals surface area contributed by atoms with Gasteiger partial charge in [0.05, 0.1) is 23.6 Å². The third-order valence-corrected chi connectivity index (χ3v) is 5.85. The number of nitrogens with zero attached hydrogens (tertiary/aromatic N) is 7. The quantitative estimate of drug-likeness (QED) is 0.283. The first kappa shape index (κ1) is 26.3. The molecule has 0 radical (unpaired) electrons. The van der Waals surface area contributed by atoms with Crippen LogP contribution in [0, 0.1) is 0 Å². The minimum absolute atomic E-state index is 0.151. The molecule has 0 aliphatic carbocycles. The highest BCUT2D eigenvalue weighted by atomic mass is 19.3. The number of fused-ring (bicyclic) bond motifs is 1. The van der Waals surface area contributed by atoms with Crippen molar-refractivity contribution in [3.8, 4) is 28.5 Å². The van der Waals surface area contributed by atoms with Crippen LogP contribution in [0.2, 0.25) is 0 Å². The molecule has 1 N–H and O–H groups in total. The van der Waals surface area contributed by atoms with E-state index >= 15 is 0 Å². The second-order valence-electron chi connectivity index (χ2n) is 8.85. The van der Waals surface area contributed by atoms with Crippen LogP contribution >= 0.6 is 0 Å². The summed E-state index contributed by atoms with van der Waals surface area (Å²) in [5.74, 6) is 0.0580. The molecule has 0 aliphatic heterocycles. The molecule has 4 aromatic heterocycles. The summed E-state index contributed by atoms with van der Waals surface area (Å²) in [5, 5.41) is 11.3. The standard InChI is InChI=1S/C27H24F2N8O3/c1-16(35(2)3)17-10-19(13-30-12-17)39-18-6-7-23(40-27(28)29)20(11-18)24-22(15-36(4)34-24)33-26(38)21-14-32-37-9-5-8-31-25(21)37/h5-15,27H,1H2,2-4H3,(H,33,38). The number of rotatable bonds is 9. The molecular weight excluding hydrogens is 522 g/mol. The molecule has 0 bridgehead atoms. The molecule has 204 valence electrons. The summed E-state index contributed by atoms with van der Waals surface area (Å²) in [5.41, 5.74) is 2.68. The molecule has 13 heteroatoms. The minimum Gasteiger partial charge on any atom is -0.456 e. The monoisotopic (exact) mass is 546 g/mol. The Kier molecular flexibility index (Phi) is 7.10. The van der Waals surface area contributed by atoms with Crippen molar-refractivity contribution < 1.29 is 23.0 Å². The SMILES string of the molecule is C=C(c1cncc(Oc2ccc(OC(F)F)c(-c3nn(C)cc3NC(=O)c3cnn4cccnc34)c2)c1)N(C)C. The molecule has 0 saturated heterocycles. The number of anilines is 1. The number of ether oxygens (including phenoxy) is 2. The molecule has 0 fully saturated rings. The van der Waals surface area contributed by atoms with E-state index in [2.05, 4.69) is 32.1 Å². The summed E-state index contributed by atoms with van der Waals surface area (Å²) < 4.78 is 40.3. The Labute approximate surface area is 227 Å². The van der Waals surface area contributed by atoms with Crippen LogP contribution in [0.25, 0.3) is 22.6 Å². The van der Waals surface area contributed by atoms with E-state index in [1.54, 1.807) is 44.0 Å². The second kappa shape index (κ2) is 10.8. The fourth-order valence-electron chi connectivity index (χ4n) is 3.94. The zero-order valence-electron chi connectivity index (χ0n) is 21.7. The average Bonchev–Trinajstić information content (AvgIpc) is 3.52. The van der Waals surface area contributed by atoms with E-state index in [9.17, 15) is 13.6 Å². The molecule has 11 nitrogen and oxygen atoms in total. The second-order valence-corrected chi connectivity index (χ2v) is 8.85. The molecule has 5 rings (SSSR count). The Morgan fingerprint density at radius 1 is 1.15 bits per heavy atom. The summed E-state index contributed by atoms with van der Waals surface area (Å²) >= 11 is 0. The van der Waals surface area contributed by atoms with Gasteiger partial charge in [-0.1, -0.05) is 6.58 Å². The summed E-state index contributed by atoms with van der Waals surface area (Å²) in [6, 6.07) is 7.78. The highest BCUT2D eigenvalue weighted by Gasteiger charge is 2.22. The summed E-state index contributed by atoms with van der Waals surface area (Å²) in [6.07, 6.45) is 9.32. The smallest absolute Gasteiger partial charge is 0.387 e. The van der Waals surface area contributed by atoms with Crippen LogP contribution < -0.4 is 14.8 Å². The van der Waals surface area contributed by atoms with E-state index in [0.717, 1.165) is 11.3 Å². The zero-order valence-corrected chi connectivity index (χ0v) is 21.7. The maximum Gasteiger partial charge on any atom is 0.387 e. The van der Waals surface area contributed by atoms with Crippen molar-refractivity contribution in [1.29, 1.82) is 0 Å². The third-order valence-electron chi connectivity index (χ3n) is 5.85. The normalized spacial score (nSPS) is 11.1. The molecule has 0 spiro atoms. The van der Waals surface area contributed by atoms with Crippen molar-refractivity contribution in [1.82, 2.24) is 34.3 Å². The number of nitrogens with one attached hydrogen (secondary N) is 1. The van der Waals surface area contributed by atoms with Gasteiger partial charge < -0.3 is 19.7 Å². The van der Waals surface area contributed by atoms with Gasteiger partial charge in [-0.2, -0.15) is 19.0 Å². The van der Waals surface area contributed by atoms with Crippen LogP contribution in [0.4, 0.5) is 14.5 Å². The topological polar surface area (TPSA) is 112 Å². The van der Waals surface area contributed by atoms with Gasteiger partial charge in [-0.15, -0.1) is 0 Å². The predicted molar refractivity (Wildman–Crippen MR) is 143 cm³/mol. The van der Waals surface area contributed by atoms with E-state index in [-0.39, 0.29) is 28.3 Å². The van der Waals surface area contributed by atoms with E-state index in [4.69, 9.17) is 9.47 Å². The molecule has 0 aliphatic rings. The lowest BCUT2D eigenvalue weighted by atomic mass is 10.1. The molecule has 5 aromatic rings. The van der Waals surface area contributed by atoms with Gasteiger partial charge in [0.15, 0.2) is 5.65 Å². The number of hydrogen-bond donors (Lipinski definition) is 1. The molecule has 1 amide bonds. The van der Waals surface area contributed by atoms with Crippen molar-refractivity contribution in [2.24, 2.45) is 7.05 Å². The number of aromatic nitrogens is 6. The largest absolute Gasteiger partial charge is 0.456 e. The van der Waals surface area contributed by atoms with Crippen LogP contribution in [-0.2, 0) is 7.05 Å². The molecule has 0 saturated carbocycles. The van der Waals surface area contributed by atoms with E-state index in [1.807, 2.05) is 19.0 Å². The molecular formula is C27H24F2N8O3. The lowest BCUT2D eigenvalue weighted by molar-refractivity contribution is -0.0494. The maximum absolute atomic E-state index is 13.3. The molecule has 4 heterocycles. The van der Waals surface area contributed by atoms with Gasteiger partial charge in [-0.05, 0) is 30.3 Å². The summed E-state index contributed by atoms with van der Waals surface area (Å²) in [7, 11) is 5.36. The van der Waals surface area contributed by atoms with Gasteiger partial charge in [0.25, 0.3) is 5.91 Å². The van der Waals surface area contributed by atoms with E-state index in [0.29, 0.717) is 17.1 Å². The minimum atomic E-state index is -3.09. The Hall–Kier alpha value is -5.33. The predicted octanol–water partition coefficient (Wildman–Crippen LogP) is 4.70. The van der Waals surface area contributed by atoms with Gasteiger partial charge in [-0.3, -0.25) is 14.5 Å². The number of carbonyl (C=O) groups is 1. The molecule has 40 heavy (non-hydrogen) atoms. The number of amides is 1. The Morgan fingerprint density at radius 3 is 2.75 bits per heavy atom. The highest BCUT2D eigenvalue weighted by Crippen LogP contribution is 2.39. The first-order valence-electron chi connectivity index (χ1n) is 11.9. The van der Waals surface area contributed by atoms with Crippen LogP contribution in [0.1, 0.15) is 15.9 Å². The first-order valence-corrected chi connectivity index (χ1v) is 11.9. The maximum atomic E-state index is 13.3. The summed E-state index contributed by atoms with van der Waals surface area (Å²) in [4.78, 5) is 23.4. The molecule has 0 unspecified atom stereocenters. The van der Waals surface area contributed by atoms with Gasteiger partial charge >= 0.3 is 6.61 Å². The Bertz CT molecular complexity index is 1710. The number of halogens is 2. The van der Waals surface area contributed by atoms with Gasteiger partial charge in [-0.25, -0.2) is 9.50 Å². The Morgan fingerprint density at radius 2 is 1.98 bits per heavy atom. The van der Waals surface area contributed by atoms with Crippen LogP contribution in [0.5, 0.6) is 17.2 Å². The van der Waals surface area contributed by atoms with E-state index < -0.39 is 12.5 Å². The zero-order chi connectivity index (χ0) is 28.4. The number of pyridine rings is 1. The third kappa shape index (κ3) is 5.43. The fraction of sp³-hybridized carbons (Fsp3) is 0.148.